The first-order valence-corrected chi connectivity index (χ1v) is 6.44. The van der Waals surface area contributed by atoms with Crippen LogP contribution in [-0.2, 0) is 13.1 Å². The molecule has 1 N–H and O–H groups in total. The Hall–Kier alpha value is -1.67. The second-order valence-corrected chi connectivity index (χ2v) is 4.86. The Morgan fingerprint density at radius 1 is 0.889 bits per heavy atom. The number of hydrogen-bond donors (Lipinski definition) is 1. The quantitative estimate of drug-likeness (QED) is 0.865. The molecule has 1 aromatic heterocycles. The van der Waals surface area contributed by atoms with Crippen LogP contribution < -0.4 is 5.32 Å². The first kappa shape index (κ1) is 12.8. The van der Waals surface area contributed by atoms with Crippen molar-refractivity contribution in [3.05, 3.63) is 65.5 Å². The van der Waals surface area contributed by atoms with E-state index in [1.54, 1.807) is 0 Å². The van der Waals surface area contributed by atoms with Crippen molar-refractivity contribution in [1.82, 2.24) is 10.3 Å². The van der Waals surface area contributed by atoms with Crippen molar-refractivity contribution in [1.29, 1.82) is 0 Å². The summed E-state index contributed by atoms with van der Waals surface area (Å²) in [6.07, 6.45) is 3.66. The van der Waals surface area contributed by atoms with E-state index in [0.29, 0.717) is 5.92 Å². The molecule has 2 aromatic rings. The van der Waals surface area contributed by atoms with Gasteiger partial charge in [0, 0.05) is 25.5 Å². The zero-order valence-electron chi connectivity index (χ0n) is 11.1. The Kier molecular flexibility index (Phi) is 4.48. The monoisotopic (exact) mass is 240 g/mol. The topological polar surface area (TPSA) is 24.9 Å². The minimum absolute atomic E-state index is 0.601. The average molecular weight is 240 g/mol. The summed E-state index contributed by atoms with van der Waals surface area (Å²) >= 11 is 0. The SMILES string of the molecule is CC(C)c1ccc(CNCc2ccncc2)cc1. The van der Waals surface area contributed by atoms with Gasteiger partial charge in [-0.25, -0.2) is 0 Å². The number of pyridine rings is 1. The van der Waals surface area contributed by atoms with Crippen LogP contribution in [0.4, 0.5) is 0 Å². The number of hydrogen-bond acceptors (Lipinski definition) is 2. The van der Waals surface area contributed by atoms with Crippen LogP contribution in [0.15, 0.2) is 48.8 Å². The molecule has 1 aromatic carbocycles. The number of benzene rings is 1. The van der Waals surface area contributed by atoms with Crippen LogP contribution in [-0.4, -0.2) is 4.98 Å². The van der Waals surface area contributed by atoms with E-state index in [2.05, 4.69) is 48.4 Å². The molecule has 94 valence electrons. The van der Waals surface area contributed by atoms with Crippen LogP contribution in [0.3, 0.4) is 0 Å². The highest BCUT2D eigenvalue weighted by Gasteiger charge is 1.98. The second kappa shape index (κ2) is 6.31. The summed E-state index contributed by atoms with van der Waals surface area (Å²) in [6.45, 7) is 6.22. The van der Waals surface area contributed by atoms with Gasteiger partial charge in [-0.05, 0) is 34.7 Å². The Labute approximate surface area is 109 Å². The van der Waals surface area contributed by atoms with Gasteiger partial charge in [0.1, 0.15) is 0 Å². The molecule has 0 bridgehead atoms. The summed E-state index contributed by atoms with van der Waals surface area (Å²) in [5.74, 6) is 0.601. The lowest BCUT2D eigenvalue weighted by Gasteiger charge is -2.08. The van der Waals surface area contributed by atoms with E-state index in [1.807, 2.05) is 24.5 Å². The van der Waals surface area contributed by atoms with Gasteiger partial charge in [-0.3, -0.25) is 4.98 Å². The van der Waals surface area contributed by atoms with E-state index in [1.165, 1.54) is 16.7 Å². The van der Waals surface area contributed by atoms with Crippen LogP contribution in [0.2, 0.25) is 0 Å². The molecule has 0 aliphatic rings. The van der Waals surface area contributed by atoms with E-state index in [4.69, 9.17) is 0 Å². The smallest absolute Gasteiger partial charge is 0.0271 e. The molecule has 0 aliphatic heterocycles. The van der Waals surface area contributed by atoms with E-state index in [9.17, 15) is 0 Å². The fourth-order valence-corrected chi connectivity index (χ4v) is 1.87. The van der Waals surface area contributed by atoms with Crippen molar-refractivity contribution < 1.29 is 0 Å². The Balaban J connectivity index is 1.83. The molecule has 0 atom stereocenters. The molecule has 0 radical (unpaired) electrons. The first-order valence-electron chi connectivity index (χ1n) is 6.44. The average Bonchev–Trinajstić information content (AvgIpc) is 2.40. The van der Waals surface area contributed by atoms with Crippen molar-refractivity contribution in [2.75, 3.05) is 0 Å². The second-order valence-electron chi connectivity index (χ2n) is 4.86. The Morgan fingerprint density at radius 2 is 1.44 bits per heavy atom. The molecule has 0 aliphatic carbocycles. The third-order valence-electron chi connectivity index (χ3n) is 3.05. The predicted molar refractivity (Wildman–Crippen MR) is 75.3 cm³/mol. The standard InChI is InChI=1S/C16H20N2/c1-13(2)16-5-3-14(4-6-16)11-18-12-15-7-9-17-10-8-15/h3-10,13,18H,11-12H2,1-2H3. The molecular weight excluding hydrogens is 220 g/mol. The lowest BCUT2D eigenvalue weighted by atomic mass is 10.0. The van der Waals surface area contributed by atoms with Gasteiger partial charge in [0.05, 0.1) is 0 Å². The minimum Gasteiger partial charge on any atom is -0.309 e. The van der Waals surface area contributed by atoms with Gasteiger partial charge in [-0.1, -0.05) is 38.1 Å². The highest BCUT2D eigenvalue weighted by Crippen LogP contribution is 2.14. The molecule has 0 saturated carbocycles. The minimum atomic E-state index is 0.601. The van der Waals surface area contributed by atoms with Crippen molar-refractivity contribution >= 4 is 0 Å². The summed E-state index contributed by atoms with van der Waals surface area (Å²) in [6, 6.07) is 12.9. The predicted octanol–water partition coefficient (Wildman–Crippen LogP) is 3.49. The van der Waals surface area contributed by atoms with Gasteiger partial charge in [-0.15, -0.1) is 0 Å². The summed E-state index contributed by atoms with van der Waals surface area (Å²) in [5.41, 5.74) is 3.99. The Bertz CT molecular complexity index is 460. The van der Waals surface area contributed by atoms with Gasteiger partial charge < -0.3 is 5.32 Å². The van der Waals surface area contributed by atoms with Crippen molar-refractivity contribution in [3.63, 3.8) is 0 Å². The Morgan fingerprint density at radius 3 is 2.00 bits per heavy atom. The zero-order valence-corrected chi connectivity index (χ0v) is 11.1. The third kappa shape index (κ3) is 3.67. The molecule has 0 unspecified atom stereocenters. The maximum atomic E-state index is 4.01. The zero-order chi connectivity index (χ0) is 12.8. The van der Waals surface area contributed by atoms with Gasteiger partial charge in [0.25, 0.3) is 0 Å². The molecule has 2 rings (SSSR count). The van der Waals surface area contributed by atoms with Crippen LogP contribution in [0.5, 0.6) is 0 Å². The third-order valence-corrected chi connectivity index (χ3v) is 3.05. The summed E-state index contributed by atoms with van der Waals surface area (Å²) in [4.78, 5) is 4.01. The summed E-state index contributed by atoms with van der Waals surface area (Å²) in [7, 11) is 0. The molecule has 2 heteroatoms. The normalized spacial score (nSPS) is 10.8. The van der Waals surface area contributed by atoms with E-state index < -0.39 is 0 Å². The molecular formula is C16H20N2. The van der Waals surface area contributed by atoms with Crippen molar-refractivity contribution in [2.24, 2.45) is 0 Å². The molecule has 18 heavy (non-hydrogen) atoms. The molecule has 2 nitrogen and oxygen atoms in total. The van der Waals surface area contributed by atoms with Crippen LogP contribution in [0.1, 0.15) is 36.5 Å². The lowest BCUT2D eigenvalue weighted by molar-refractivity contribution is 0.692. The van der Waals surface area contributed by atoms with Gasteiger partial charge in [-0.2, -0.15) is 0 Å². The summed E-state index contributed by atoms with van der Waals surface area (Å²) in [5, 5.41) is 3.44. The molecule has 0 amide bonds. The first-order chi connectivity index (χ1) is 8.75. The lowest BCUT2D eigenvalue weighted by Crippen LogP contribution is -2.12. The highest BCUT2D eigenvalue weighted by molar-refractivity contribution is 5.24. The van der Waals surface area contributed by atoms with Gasteiger partial charge >= 0.3 is 0 Å². The number of aromatic nitrogens is 1. The van der Waals surface area contributed by atoms with E-state index >= 15 is 0 Å². The van der Waals surface area contributed by atoms with Gasteiger partial charge in [0.15, 0.2) is 0 Å². The number of nitrogens with one attached hydrogen (secondary N) is 1. The number of nitrogens with zero attached hydrogens (tertiary/aromatic N) is 1. The van der Waals surface area contributed by atoms with Crippen LogP contribution >= 0.6 is 0 Å². The van der Waals surface area contributed by atoms with Crippen LogP contribution in [0.25, 0.3) is 0 Å². The van der Waals surface area contributed by atoms with E-state index in [0.717, 1.165) is 13.1 Å². The maximum Gasteiger partial charge on any atom is 0.0271 e. The van der Waals surface area contributed by atoms with Gasteiger partial charge in [0.2, 0.25) is 0 Å². The fraction of sp³-hybridized carbons (Fsp3) is 0.312. The molecule has 1 heterocycles. The highest BCUT2D eigenvalue weighted by atomic mass is 14.8. The molecule has 0 fully saturated rings. The van der Waals surface area contributed by atoms with Crippen molar-refractivity contribution in [2.45, 2.75) is 32.9 Å². The maximum absolute atomic E-state index is 4.01. The van der Waals surface area contributed by atoms with Crippen LogP contribution in [0, 0.1) is 0 Å². The molecule has 0 spiro atoms. The largest absolute Gasteiger partial charge is 0.309 e. The number of rotatable bonds is 5. The fourth-order valence-electron chi connectivity index (χ4n) is 1.87. The molecule has 0 saturated heterocycles. The summed E-state index contributed by atoms with van der Waals surface area (Å²) < 4.78 is 0. The van der Waals surface area contributed by atoms with E-state index in [-0.39, 0.29) is 0 Å². The van der Waals surface area contributed by atoms with Crippen molar-refractivity contribution in [3.8, 4) is 0 Å².